The summed E-state index contributed by atoms with van der Waals surface area (Å²) in [4.78, 5) is 11.2. The Kier molecular flexibility index (Phi) is 3.94. The predicted molar refractivity (Wildman–Crippen MR) is 70.4 cm³/mol. The highest BCUT2D eigenvalue weighted by molar-refractivity contribution is 5.30. The highest BCUT2D eigenvalue weighted by Crippen LogP contribution is 2.15. The minimum atomic E-state index is 0.721. The van der Waals surface area contributed by atoms with Crippen molar-refractivity contribution in [2.45, 2.75) is 26.7 Å². The number of hydrogen-bond acceptors (Lipinski definition) is 4. The van der Waals surface area contributed by atoms with Crippen molar-refractivity contribution in [3.05, 3.63) is 17.5 Å². The number of nitrogens with one attached hydrogen (secondary N) is 1. The second-order valence-electron chi connectivity index (χ2n) is 5.04. The van der Waals surface area contributed by atoms with E-state index in [9.17, 15) is 0 Å². The first-order chi connectivity index (χ1) is 8.15. The maximum Gasteiger partial charge on any atom is 0.225 e. The predicted octanol–water partition coefficient (Wildman–Crippen LogP) is 1.53. The van der Waals surface area contributed by atoms with E-state index in [-0.39, 0.29) is 0 Å². The van der Waals surface area contributed by atoms with E-state index in [0.717, 1.165) is 36.3 Å². The van der Waals surface area contributed by atoms with Gasteiger partial charge in [-0.15, -0.1) is 0 Å². The van der Waals surface area contributed by atoms with Gasteiger partial charge in [-0.05, 0) is 51.8 Å². The smallest absolute Gasteiger partial charge is 0.225 e. The van der Waals surface area contributed by atoms with Gasteiger partial charge in [0.2, 0.25) is 5.95 Å². The molecule has 0 saturated carbocycles. The van der Waals surface area contributed by atoms with Crippen molar-refractivity contribution >= 4 is 5.95 Å². The zero-order valence-electron chi connectivity index (χ0n) is 11.0. The van der Waals surface area contributed by atoms with Gasteiger partial charge in [0.1, 0.15) is 0 Å². The van der Waals surface area contributed by atoms with Gasteiger partial charge in [0.25, 0.3) is 0 Å². The zero-order chi connectivity index (χ0) is 12.3. The number of piperidine rings is 1. The van der Waals surface area contributed by atoms with Gasteiger partial charge in [0.15, 0.2) is 0 Å². The van der Waals surface area contributed by atoms with E-state index < -0.39 is 0 Å². The molecule has 4 nitrogen and oxygen atoms in total. The molecule has 1 aliphatic rings. The quantitative estimate of drug-likeness (QED) is 0.861. The third kappa shape index (κ3) is 3.40. The lowest BCUT2D eigenvalue weighted by Crippen LogP contribution is -2.37. The average molecular weight is 234 g/mol. The average Bonchev–Trinajstić information content (AvgIpc) is 2.29. The first-order valence-corrected chi connectivity index (χ1v) is 6.39. The van der Waals surface area contributed by atoms with Crippen molar-refractivity contribution in [2.75, 3.05) is 31.6 Å². The van der Waals surface area contributed by atoms with Crippen molar-refractivity contribution in [3.8, 4) is 0 Å². The van der Waals surface area contributed by atoms with E-state index in [1.807, 2.05) is 19.9 Å². The molecular weight excluding hydrogens is 212 g/mol. The fourth-order valence-corrected chi connectivity index (χ4v) is 2.43. The van der Waals surface area contributed by atoms with E-state index in [1.54, 1.807) is 0 Å². The van der Waals surface area contributed by atoms with Gasteiger partial charge in [-0.3, -0.25) is 0 Å². The molecule has 94 valence electrons. The Morgan fingerprint density at radius 3 is 2.65 bits per heavy atom. The van der Waals surface area contributed by atoms with Crippen molar-refractivity contribution in [2.24, 2.45) is 5.92 Å². The molecule has 2 heterocycles. The van der Waals surface area contributed by atoms with E-state index in [2.05, 4.69) is 27.2 Å². The lowest BCUT2D eigenvalue weighted by atomic mass is 9.99. The second kappa shape index (κ2) is 5.45. The van der Waals surface area contributed by atoms with Crippen LogP contribution < -0.4 is 10.2 Å². The molecule has 1 saturated heterocycles. The standard InChI is InChI=1S/C13H22N4/c1-10-7-11(2)16-13(15-10)17(3)9-12-5-4-6-14-8-12/h7,12,14H,4-6,8-9H2,1-3H3/t12-/m0/s1. The summed E-state index contributed by atoms with van der Waals surface area (Å²) in [6.07, 6.45) is 2.59. The van der Waals surface area contributed by atoms with Gasteiger partial charge in [-0.2, -0.15) is 0 Å². The molecule has 1 aromatic heterocycles. The topological polar surface area (TPSA) is 41.1 Å². The Morgan fingerprint density at radius 2 is 2.06 bits per heavy atom. The molecule has 0 bridgehead atoms. The number of aryl methyl sites for hydroxylation is 2. The Bertz CT molecular complexity index is 351. The maximum atomic E-state index is 4.49. The van der Waals surface area contributed by atoms with E-state index in [0.29, 0.717) is 0 Å². The minimum Gasteiger partial charge on any atom is -0.344 e. The van der Waals surface area contributed by atoms with Gasteiger partial charge < -0.3 is 10.2 Å². The van der Waals surface area contributed by atoms with Crippen LogP contribution in [-0.2, 0) is 0 Å². The molecule has 1 N–H and O–H groups in total. The van der Waals surface area contributed by atoms with Crippen LogP contribution in [0.4, 0.5) is 5.95 Å². The largest absolute Gasteiger partial charge is 0.344 e. The first kappa shape index (κ1) is 12.3. The Hall–Kier alpha value is -1.16. The fourth-order valence-electron chi connectivity index (χ4n) is 2.43. The number of nitrogens with zero attached hydrogens (tertiary/aromatic N) is 3. The molecule has 2 rings (SSSR count). The number of hydrogen-bond donors (Lipinski definition) is 1. The van der Waals surface area contributed by atoms with Crippen LogP contribution in [-0.4, -0.2) is 36.6 Å². The molecule has 1 aromatic rings. The summed E-state index contributed by atoms with van der Waals surface area (Å²) >= 11 is 0. The van der Waals surface area contributed by atoms with Crippen LogP contribution in [0.15, 0.2) is 6.07 Å². The van der Waals surface area contributed by atoms with Crippen molar-refractivity contribution in [3.63, 3.8) is 0 Å². The summed E-state index contributed by atoms with van der Waals surface area (Å²) in [6.45, 7) is 7.37. The van der Waals surface area contributed by atoms with Crippen molar-refractivity contribution in [1.82, 2.24) is 15.3 Å². The summed E-state index contributed by atoms with van der Waals surface area (Å²) in [5.41, 5.74) is 2.09. The molecule has 0 radical (unpaired) electrons. The monoisotopic (exact) mass is 234 g/mol. The van der Waals surface area contributed by atoms with Gasteiger partial charge >= 0.3 is 0 Å². The van der Waals surface area contributed by atoms with E-state index in [4.69, 9.17) is 0 Å². The Morgan fingerprint density at radius 1 is 1.35 bits per heavy atom. The van der Waals surface area contributed by atoms with Crippen LogP contribution in [0.3, 0.4) is 0 Å². The van der Waals surface area contributed by atoms with Crippen LogP contribution in [0.1, 0.15) is 24.2 Å². The number of anilines is 1. The highest BCUT2D eigenvalue weighted by Gasteiger charge is 2.16. The van der Waals surface area contributed by atoms with Crippen LogP contribution in [0, 0.1) is 19.8 Å². The summed E-state index contributed by atoms with van der Waals surface area (Å²) in [7, 11) is 2.09. The molecule has 0 amide bonds. The van der Waals surface area contributed by atoms with Gasteiger partial charge in [0.05, 0.1) is 0 Å². The molecule has 1 aliphatic heterocycles. The first-order valence-electron chi connectivity index (χ1n) is 6.39. The summed E-state index contributed by atoms with van der Waals surface area (Å²) < 4.78 is 0. The third-order valence-electron chi connectivity index (χ3n) is 3.24. The normalized spacial score (nSPS) is 20.3. The van der Waals surface area contributed by atoms with Crippen LogP contribution in [0.25, 0.3) is 0 Å². The van der Waals surface area contributed by atoms with Crippen molar-refractivity contribution < 1.29 is 0 Å². The van der Waals surface area contributed by atoms with E-state index >= 15 is 0 Å². The molecule has 0 aromatic carbocycles. The Labute approximate surface area is 103 Å². The fraction of sp³-hybridized carbons (Fsp3) is 0.692. The molecule has 4 heteroatoms. The van der Waals surface area contributed by atoms with Gasteiger partial charge in [-0.1, -0.05) is 0 Å². The molecular formula is C13H22N4. The molecule has 0 aliphatic carbocycles. The summed E-state index contributed by atoms with van der Waals surface area (Å²) in [5.74, 6) is 1.58. The molecule has 0 unspecified atom stereocenters. The molecule has 1 fully saturated rings. The van der Waals surface area contributed by atoms with Crippen LogP contribution in [0.2, 0.25) is 0 Å². The van der Waals surface area contributed by atoms with E-state index in [1.165, 1.54) is 19.4 Å². The molecule has 17 heavy (non-hydrogen) atoms. The summed E-state index contributed by atoms with van der Waals surface area (Å²) in [6, 6.07) is 2.01. The minimum absolute atomic E-state index is 0.721. The maximum absolute atomic E-state index is 4.49. The highest BCUT2D eigenvalue weighted by atomic mass is 15.2. The summed E-state index contributed by atoms with van der Waals surface area (Å²) in [5, 5.41) is 3.45. The Balaban J connectivity index is 2.00. The van der Waals surface area contributed by atoms with Gasteiger partial charge in [0, 0.05) is 25.0 Å². The number of aromatic nitrogens is 2. The lowest BCUT2D eigenvalue weighted by molar-refractivity contribution is 0.380. The zero-order valence-corrected chi connectivity index (χ0v) is 11.0. The van der Waals surface area contributed by atoms with Crippen LogP contribution in [0.5, 0.6) is 0 Å². The molecule has 1 atom stereocenters. The SMILES string of the molecule is Cc1cc(C)nc(N(C)C[C@H]2CCCNC2)n1. The van der Waals surface area contributed by atoms with Crippen LogP contribution >= 0.6 is 0 Å². The van der Waals surface area contributed by atoms with Crippen molar-refractivity contribution in [1.29, 1.82) is 0 Å². The lowest BCUT2D eigenvalue weighted by Gasteiger charge is -2.27. The molecule has 0 spiro atoms. The number of rotatable bonds is 3. The second-order valence-corrected chi connectivity index (χ2v) is 5.04. The van der Waals surface area contributed by atoms with Gasteiger partial charge in [-0.25, -0.2) is 9.97 Å². The third-order valence-corrected chi connectivity index (χ3v) is 3.24.